The fraction of sp³-hybridized carbons (Fsp3) is 0.435. The highest BCUT2D eigenvalue weighted by molar-refractivity contribution is 14.0. The van der Waals surface area contributed by atoms with Gasteiger partial charge in [0.15, 0.2) is 5.96 Å². The number of aromatic amines is 1. The van der Waals surface area contributed by atoms with Gasteiger partial charge < -0.3 is 15.6 Å². The summed E-state index contributed by atoms with van der Waals surface area (Å²) in [6.07, 6.45) is 6.05. The van der Waals surface area contributed by atoms with E-state index in [2.05, 4.69) is 51.0 Å². The number of allylic oxidation sites excluding steroid dienone is 2. The molecule has 5 rings (SSSR count). The zero-order valence-corrected chi connectivity index (χ0v) is 19.8. The van der Waals surface area contributed by atoms with Gasteiger partial charge in [-0.1, -0.05) is 30.4 Å². The number of likely N-dealkylation sites (tertiary alicyclic amines) is 1. The van der Waals surface area contributed by atoms with Crippen LogP contribution in [0.4, 0.5) is 0 Å². The maximum atomic E-state index is 12.7. The molecule has 0 radical (unpaired) electrons. The second-order valence-corrected chi connectivity index (χ2v) is 8.39. The summed E-state index contributed by atoms with van der Waals surface area (Å²) >= 11 is 0. The number of hydrogen-bond acceptors (Lipinski definition) is 3. The van der Waals surface area contributed by atoms with Crippen LogP contribution in [0.5, 0.6) is 0 Å². The van der Waals surface area contributed by atoms with Gasteiger partial charge in [-0.15, -0.1) is 24.0 Å². The number of aromatic nitrogens is 1. The molecule has 4 unspecified atom stereocenters. The molecule has 1 aliphatic heterocycles. The molecule has 3 N–H and O–H groups in total. The normalized spacial score (nSPS) is 26.5. The third-order valence-electron chi connectivity index (χ3n) is 6.69. The molecule has 0 spiro atoms. The van der Waals surface area contributed by atoms with Crippen LogP contribution in [0, 0.1) is 23.7 Å². The van der Waals surface area contributed by atoms with E-state index in [1.807, 2.05) is 12.1 Å². The number of guanidine groups is 1. The van der Waals surface area contributed by atoms with Gasteiger partial charge in [0.2, 0.25) is 11.8 Å². The molecule has 7 nitrogen and oxygen atoms in total. The number of para-hydroxylation sites is 1. The Balaban J connectivity index is 0.00000231. The van der Waals surface area contributed by atoms with Crippen LogP contribution in [0.1, 0.15) is 12.1 Å². The van der Waals surface area contributed by atoms with Crippen LogP contribution in [0.2, 0.25) is 0 Å². The molecule has 8 heteroatoms. The molecule has 1 saturated heterocycles. The first kappa shape index (κ1) is 21.9. The lowest BCUT2D eigenvalue weighted by atomic mass is 9.85. The van der Waals surface area contributed by atoms with Crippen molar-refractivity contribution in [2.24, 2.45) is 28.7 Å². The van der Waals surface area contributed by atoms with E-state index in [0.717, 1.165) is 24.9 Å². The molecule has 1 aromatic carbocycles. The van der Waals surface area contributed by atoms with Gasteiger partial charge in [-0.3, -0.25) is 19.5 Å². The number of halogens is 1. The first-order chi connectivity index (χ1) is 14.7. The molecule has 2 amide bonds. The second-order valence-electron chi connectivity index (χ2n) is 8.39. The van der Waals surface area contributed by atoms with E-state index < -0.39 is 0 Å². The summed E-state index contributed by atoms with van der Waals surface area (Å²) < 4.78 is 0. The van der Waals surface area contributed by atoms with Crippen molar-refractivity contribution in [1.82, 2.24) is 20.5 Å². The minimum atomic E-state index is -0.124. The number of rotatable bonds is 6. The zero-order chi connectivity index (χ0) is 20.7. The molecule has 4 atom stereocenters. The van der Waals surface area contributed by atoms with E-state index in [1.54, 1.807) is 7.05 Å². The second kappa shape index (κ2) is 9.02. The molecule has 2 bridgehead atoms. The van der Waals surface area contributed by atoms with E-state index >= 15 is 0 Å². The van der Waals surface area contributed by atoms with Crippen LogP contribution < -0.4 is 10.6 Å². The minimum absolute atomic E-state index is 0. The summed E-state index contributed by atoms with van der Waals surface area (Å²) in [6.45, 7) is 1.60. The molecule has 3 aliphatic rings. The molecule has 2 aliphatic carbocycles. The molecule has 31 heavy (non-hydrogen) atoms. The number of fused-ring (bicyclic) bond motifs is 6. The molecular formula is C23H28IN5O2. The fourth-order valence-electron chi connectivity index (χ4n) is 5.27. The van der Waals surface area contributed by atoms with E-state index in [9.17, 15) is 9.59 Å². The number of amides is 2. The Morgan fingerprint density at radius 2 is 1.77 bits per heavy atom. The topological polar surface area (TPSA) is 89.6 Å². The lowest BCUT2D eigenvalue weighted by molar-refractivity contribution is -0.140. The Kier molecular flexibility index (Phi) is 6.36. The number of nitrogens with zero attached hydrogens (tertiary/aromatic N) is 2. The van der Waals surface area contributed by atoms with Crippen molar-refractivity contribution < 1.29 is 9.59 Å². The maximum Gasteiger partial charge on any atom is 0.233 e. The van der Waals surface area contributed by atoms with Crippen LogP contribution in [0.25, 0.3) is 10.9 Å². The van der Waals surface area contributed by atoms with Gasteiger partial charge in [-0.2, -0.15) is 0 Å². The average molecular weight is 533 g/mol. The summed E-state index contributed by atoms with van der Waals surface area (Å²) in [6, 6.07) is 10.4. The van der Waals surface area contributed by atoms with Crippen LogP contribution >= 0.6 is 24.0 Å². The van der Waals surface area contributed by atoms with Crippen molar-refractivity contribution in [3.8, 4) is 0 Å². The number of imide groups is 1. The smallest absolute Gasteiger partial charge is 0.233 e. The lowest BCUT2D eigenvalue weighted by Gasteiger charge is -2.18. The van der Waals surface area contributed by atoms with Crippen molar-refractivity contribution >= 4 is 52.7 Å². The van der Waals surface area contributed by atoms with Crippen molar-refractivity contribution in [2.45, 2.75) is 12.8 Å². The maximum absolute atomic E-state index is 12.7. The summed E-state index contributed by atoms with van der Waals surface area (Å²) in [5, 5.41) is 7.73. The number of carbonyl (C=O) groups excluding carboxylic acids is 2. The monoisotopic (exact) mass is 533 g/mol. The Labute approximate surface area is 198 Å². The Morgan fingerprint density at radius 3 is 2.45 bits per heavy atom. The van der Waals surface area contributed by atoms with Gasteiger partial charge in [0.1, 0.15) is 0 Å². The number of H-pyrrole nitrogens is 1. The highest BCUT2D eigenvalue weighted by Crippen LogP contribution is 2.52. The predicted molar refractivity (Wildman–Crippen MR) is 131 cm³/mol. The first-order valence-corrected chi connectivity index (χ1v) is 10.7. The Bertz CT molecular complexity index is 983. The van der Waals surface area contributed by atoms with Crippen molar-refractivity contribution in [3.05, 3.63) is 48.2 Å². The standard InChI is InChI=1S/C23H27N5O2.HI/c1-24-23(25-9-8-17-13-14-4-2-3-5-18(14)27-17)26-10-11-28-21(29)19-15-6-7-16(12-15)20(19)22(28)30;/h2-7,13,15-16,19-20,27H,8-12H2,1H3,(H2,24,25,26);1H. The third-order valence-corrected chi connectivity index (χ3v) is 6.69. The van der Waals surface area contributed by atoms with E-state index in [4.69, 9.17) is 0 Å². The van der Waals surface area contributed by atoms with Gasteiger partial charge in [-0.05, 0) is 35.8 Å². The number of carbonyl (C=O) groups is 2. The van der Waals surface area contributed by atoms with Crippen molar-refractivity contribution in [2.75, 3.05) is 26.7 Å². The number of benzene rings is 1. The average Bonchev–Trinajstić information content (AvgIpc) is 3.51. The van der Waals surface area contributed by atoms with Gasteiger partial charge in [0, 0.05) is 44.3 Å². The van der Waals surface area contributed by atoms with Crippen LogP contribution in [-0.4, -0.2) is 54.3 Å². The molecule has 2 heterocycles. The molecule has 2 fully saturated rings. The van der Waals surface area contributed by atoms with Crippen molar-refractivity contribution in [1.29, 1.82) is 0 Å². The Hall–Kier alpha value is -2.36. The van der Waals surface area contributed by atoms with E-state index in [1.165, 1.54) is 16.0 Å². The number of nitrogens with one attached hydrogen (secondary N) is 3. The highest BCUT2D eigenvalue weighted by atomic mass is 127. The molecule has 164 valence electrons. The number of aliphatic imine (C=N–C) groups is 1. The van der Waals surface area contributed by atoms with Crippen LogP contribution in [0.15, 0.2) is 47.5 Å². The first-order valence-electron chi connectivity index (χ1n) is 10.7. The van der Waals surface area contributed by atoms with Crippen molar-refractivity contribution in [3.63, 3.8) is 0 Å². The number of hydrogen-bond donors (Lipinski definition) is 3. The summed E-state index contributed by atoms with van der Waals surface area (Å²) in [4.78, 5) is 34.6. The summed E-state index contributed by atoms with van der Waals surface area (Å²) in [5.41, 5.74) is 2.31. The SMILES string of the molecule is CN=C(NCCc1cc2ccccc2[nH]1)NCCN1C(=O)C2C3C=CC(C3)C2C1=O.I. The van der Waals surface area contributed by atoms with Crippen LogP contribution in [0.3, 0.4) is 0 Å². The minimum Gasteiger partial charge on any atom is -0.358 e. The Morgan fingerprint density at radius 1 is 1.10 bits per heavy atom. The van der Waals surface area contributed by atoms with Crippen LogP contribution in [-0.2, 0) is 16.0 Å². The quantitative estimate of drug-likeness (QED) is 0.175. The van der Waals surface area contributed by atoms with Gasteiger partial charge in [0.05, 0.1) is 11.8 Å². The van der Waals surface area contributed by atoms with Gasteiger partial charge in [0.25, 0.3) is 0 Å². The van der Waals surface area contributed by atoms with E-state index in [-0.39, 0.29) is 59.5 Å². The lowest BCUT2D eigenvalue weighted by Crippen LogP contribution is -2.44. The summed E-state index contributed by atoms with van der Waals surface area (Å²) in [7, 11) is 1.72. The fourth-order valence-corrected chi connectivity index (χ4v) is 5.27. The highest BCUT2D eigenvalue weighted by Gasteiger charge is 2.58. The molecule has 1 saturated carbocycles. The van der Waals surface area contributed by atoms with Gasteiger partial charge >= 0.3 is 0 Å². The van der Waals surface area contributed by atoms with Gasteiger partial charge in [-0.25, -0.2) is 0 Å². The molecule has 1 aromatic heterocycles. The largest absolute Gasteiger partial charge is 0.358 e. The molecule has 2 aromatic rings. The predicted octanol–water partition coefficient (Wildman–Crippen LogP) is 2.30. The zero-order valence-electron chi connectivity index (χ0n) is 17.5. The van der Waals surface area contributed by atoms with E-state index in [0.29, 0.717) is 19.0 Å². The third kappa shape index (κ3) is 3.97. The molecular weight excluding hydrogens is 505 g/mol. The summed E-state index contributed by atoms with van der Waals surface area (Å²) in [5.74, 6) is 0.951.